The van der Waals surface area contributed by atoms with Crippen LogP contribution in [0.3, 0.4) is 0 Å². The Morgan fingerprint density at radius 2 is 1.30 bits per heavy atom. The summed E-state index contributed by atoms with van der Waals surface area (Å²) in [6, 6.07) is 28.9. The van der Waals surface area contributed by atoms with Crippen LogP contribution in [-0.2, 0) is 16.1 Å². The molecule has 5 nitrogen and oxygen atoms in total. The summed E-state index contributed by atoms with van der Waals surface area (Å²) in [5, 5.41) is 9.08. The number of hydrogen-bond acceptors (Lipinski definition) is 3. The summed E-state index contributed by atoms with van der Waals surface area (Å²) in [5.41, 5.74) is 0.987. The molecule has 3 aromatic carbocycles. The van der Waals surface area contributed by atoms with Gasteiger partial charge in [0.2, 0.25) is 0 Å². The van der Waals surface area contributed by atoms with Gasteiger partial charge in [-0.05, 0) is 36.3 Å². The third-order valence-corrected chi connectivity index (χ3v) is 6.82. The highest BCUT2D eigenvalue weighted by molar-refractivity contribution is 7.79. The highest BCUT2D eigenvalue weighted by atomic mass is 31.1. The number of rotatable bonds is 8. The van der Waals surface area contributed by atoms with Crippen molar-refractivity contribution in [3.63, 3.8) is 0 Å². The SMILES string of the molecule is CCOC(=O)CNC(=O)NCc1ccc(P(c2ccccc2)c2ccccc2)cc1. The van der Waals surface area contributed by atoms with Gasteiger partial charge in [-0.2, -0.15) is 0 Å². The molecule has 0 saturated carbocycles. The molecule has 0 fully saturated rings. The van der Waals surface area contributed by atoms with Gasteiger partial charge in [0.25, 0.3) is 0 Å². The number of hydrogen-bond donors (Lipinski definition) is 2. The van der Waals surface area contributed by atoms with E-state index in [0.717, 1.165) is 5.56 Å². The number of esters is 1. The van der Waals surface area contributed by atoms with Crippen molar-refractivity contribution >= 4 is 35.8 Å². The molecule has 3 aromatic rings. The molecule has 3 rings (SSSR count). The van der Waals surface area contributed by atoms with Crippen LogP contribution in [0.1, 0.15) is 12.5 Å². The first-order valence-electron chi connectivity index (χ1n) is 9.84. The van der Waals surface area contributed by atoms with Crippen molar-refractivity contribution in [1.29, 1.82) is 0 Å². The van der Waals surface area contributed by atoms with Crippen molar-refractivity contribution in [2.75, 3.05) is 13.2 Å². The van der Waals surface area contributed by atoms with E-state index in [1.807, 2.05) is 24.3 Å². The number of benzene rings is 3. The maximum Gasteiger partial charge on any atom is 0.325 e. The van der Waals surface area contributed by atoms with Crippen molar-refractivity contribution in [3.05, 3.63) is 90.5 Å². The van der Waals surface area contributed by atoms with Gasteiger partial charge in [0, 0.05) is 6.54 Å². The third-order valence-electron chi connectivity index (χ3n) is 4.38. The van der Waals surface area contributed by atoms with Crippen LogP contribution in [0, 0.1) is 0 Å². The molecule has 154 valence electrons. The minimum Gasteiger partial charge on any atom is -0.465 e. The maximum absolute atomic E-state index is 11.8. The Kier molecular flexibility index (Phi) is 7.99. The van der Waals surface area contributed by atoms with E-state index < -0.39 is 19.9 Å². The average Bonchev–Trinajstić information content (AvgIpc) is 2.79. The Morgan fingerprint density at radius 3 is 1.83 bits per heavy atom. The van der Waals surface area contributed by atoms with Gasteiger partial charge in [0.1, 0.15) is 6.54 Å². The summed E-state index contributed by atoms with van der Waals surface area (Å²) in [5.74, 6) is -0.452. The van der Waals surface area contributed by atoms with Crippen LogP contribution in [0.4, 0.5) is 4.79 Å². The van der Waals surface area contributed by atoms with E-state index in [-0.39, 0.29) is 6.54 Å². The zero-order valence-corrected chi connectivity index (χ0v) is 17.8. The van der Waals surface area contributed by atoms with Crippen LogP contribution in [0.25, 0.3) is 0 Å². The fourth-order valence-corrected chi connectivity index (χ4v) is 5.26. The fourth-order valence-electron chi connectivity index (χ4n) is 2.97. The number of ether oxygens (including phenoxy) is 1. The van der Waals surface area contributed by atoms with Crippen molar-refractivity contribution in [2.45, 2.75) is 13.5 Å². The van der Waals surface area contributed by atoms with E-state index in [2.05, 4.69) is 71.3 Å². The van der Waals surface area contributed by atoms with Gasteiger partial charge in [0.15, 0.2) is 0 Å². The van der Waals surface area contributed by atoms with E-state index in [0.29, 0.717) is 13.2 Å². The molecular weight excluding hydrogens is 395 g/mol. The second-order valence-electron chi connectivity index (χ2n) is 6.51. The van der Waals surface area contributed by atoms with Crippen LogP contribution in [-0.4, -0.2) is 25.2 Å². The number of nitrogens with one attached hydrogen (secondary N) is 2. The summed E-state index contributed by atoms with van der Waals surface area (Å²) in [6.07, 6.45) is 0. The lowest BCUT2D eigenvalue weighted by Crippen LogP contribution is -2.38. The topological polar surface area (TPSA) is 67.4 Å². The molecular formula is C24H25N2O3P. The minimum absolute atomic E-state index is 0.142. The predicted molar refractivity (Wildman–Crippen MR) is 122 cm³/mol. The van der Waals surface area contributed by atoms with Crippen LogP contribution in [0.2, 0.25) is 0 Å². The van der Waals surface area contributed by atoms with Crippen molar-refractivity contribution < 1.29 is 14.3 Å². The van der Waals surface area contributed by atoms with Gasteiger partial charge in [-0.1, -0.05) is 84.9 Å². The van der Waals surface area contributed by atoms with Crippen LogP contribution < -0.4 is 26.5 Å². The molecule has 2 amide bonds. The summed E-state index contributed by atoms with van der Waals surface area (Å²) in [4.78, 5) is 23.1. The zero-order valence-electron chi connectivity index (χ0n) is 16.9. The zero-order chi connectivity index (χ0) is 21.2. The van der Waals surface area contributed by atoms with E-state index in [9.17, 15) is 9.59 Å². The molecule has 0 spiro atoms. The summed E-state index contributed by atoms with van der Waals surface area (Å²) in [7, 11) is -0.648. The number of urea groups is 1. The van der Waals surface area contributed by atoms with Gasteiger partial charge >= 0.3 is 12.0 Å². The average molecular weight is 420 g/mol. The van der Waals surface area contributed by atoms with Crippen LogP contribution >= 0.6 is 7.92 Å². The van der Waals surface area contributed by atoms with Gasteiger partial charge in [-0.15, -0.1) is 0 Å². The first kappa shape index (κ1) is 21.5. The molecule has 0 heterocycles. The highest BCUT2D eigenvalue weighted by Gasteiger charge is 2.16. The lowest BCUT2D eigenvalue weighted by molar-refractivity contribution is -0.141. The molecule has 0 aromatic heterocycles. The Bertz CT molecular complexity index is 908. The molecule has 2 N–H and O–H groups in total. The van der Waals surface area contributed by atoms with Crippen LogP contribution in [0.15, 0.2) is 84.9 Å². The lowest BCUT2D eigenvalue weighted by Gasteiger charge is -2.19. The maximum atomic E-state index is 11.8. The Labute approximate surface area is 178 Å². The molecule has 0 atom stereocenters. The second kappa shape index (κ2) is 11.1. The minimum atomic E-state index is -0.648. The Hall–Kier alpha value is -3.17. The summed E-state index contributed by atoms with van der Waals surface area (Å²) >= 11 is 0. The van der Waals surface area contributed by atoms with Crippen molar-refractivity contribution in [2.24, 2.45) is 0 Å². The molecule has 0 radical (unpaired) electrons. The number of amides is 2. The molecule has 30 heavy (non-hydrogen) atoms. The summed E-state index contributed by atoms with van der Waals surface area (Å²) < 4.78 is 4.78. The van der Waals surface area contributed by atoms with Gasteiger partial charge in [-0.3, -0.25) is 4.79 Å². The van der Waals surface area contributed by atoms with E-state index in [4.69, 9.17) is 4.74 Å². The van der Waals surface area contributed by atoms with Crippen molar-refractivity contribution in [3.8, 4) is 0 Å². The number of carbonyl (C=O) groups is 2. The lowest BCUT2D eigenvalue weighted by atomic mass is 10.2. The van der Waals surface area contributed by atoms with Gasteiger partial charge in [0.05, 0.1) is 6.61 Å². The third kappa shape index (κ3) is 6.16. The van der Waals surface area contributed by atoms with E-state index in [1.165, 1.54) is 15.9 Å². The Morgan fingerprint density at radius 1 is 0.767 bits per heavy atom. The highest BCUT2D eigenvalue weighted by Crippen LogP contribution is 2.32. The number of carbonyl (C=O) groups excluding carboxylic acids is 2. The molecule has 6 heteroatoms. The molecule has 0 bridgehead atoms. The van der Waals surface area contributed by atoms with Gasteiger partial charge < -0.3 is 15.4 Å². The molecule has 0 aliphatic heterocycles. The monoisotopic (exact) mass is 420 g/mol. The quantitative estimate of drug-likeness (QED) is 0.435. The Balaban J connectivity index is 1.66. The van der Waals surface area contributed by atoms with Gasteiger partial charge in [-0.25, -0.2) is 4.79 Å². The second-order valence-corrected chi connectivity index (χ2v) is 8.73. The smallest absolute Gasteiger partial charge is 0.325 e. The molecule has 0 aliphatic rings. The van der Waals surface area contributed by atoms with Crippen molar-refractivity contribution in [1.82, 2.24) is 10.6 Å². The largest absolute Gasteiger partial charge is 0.465 e. The first-order chi connectivity index (χ1) is 14.7. The molecule has 0 unspecified atom stereocenters. The molecule has 0 saturated heterocycles. The molecule has 0 aliphatic carbocycles. The predicted octanol–water partition coefficient (Wildman–Crippen LogP) is 2.81. The van der Waals surface area contributed by atoms with Crippen LogP contribution in [0.5, 0.6) is 0 Å². The standard InChI is InChI=1S/C24H25N2O3P/c1-2-29-23(27)18-26-24(28)25-17-19-13-15-22(16-14-19)30(20-9-5-3-6-10-20)21-11-7-4-8-12-21/h3-16H,2,17-18H2,1H3,(H2,25,26,28). The first-order valence-corrected chi connectivity index (χ1v) is 11.2. The van der Waals surface area contributed by atoms with E-state index >= 15 is 0 Å². The fraction of sp³-hybridized carbons (Fsp3) is 0.167. The van der Waals surface area contributed by atoms with E-state index in [1.54, 1.807) is 6.92 Å². The summed E-state index contributed by atoms with van der Waals surface area (Å²) in [6.45, 7) is 2.26. The normalized spacial score (nSPS) is 10.5.